The molecule has 3 rings (SSSR count). The van der Waals surface area contributed by atoms with E-state index in [1.54, 1.807) is 6.07 Å². The molecule has 3 nitrogen and oxygen atoms in total. The topological polar surface area (TPSA) is 55.1 Å². The van der Waals surface area contributed by atoms with E-state index in [9.17, 15) is 4.79 Å². The normalized spacial score (nSPS) is 15.0. The van der Waals surface area contributed by atoms with Crippen LogP contribution in [0.5, 0.6) is 0 Å². The third kappa shape index (κ3) is 6.84. The van der Waals surface area contributed by atoms with Crippen LogP contribution in [0.4, 0.5) is 0 Å². The fourth-order valence-corrected chi connectivity index (χ4v) is 3.40. The molecule has 0 unspecified atom stereocenters. The Labute approximate surface area is 165 Å². The van der Waals surface area contributed by atoms with Gasteiger partial charge >= 0.3 is 0 Å². The molecule has 0 bridgehead atoms. The van der Waals surface area contributed by atoms with Gasteiger partial charge in [0.25, 0.3) is 0 Å². The van der Waals surface area contributed by atoms with Crippen LogP contribution in [0.15, 0.2) is 48.5 Å². The smallest absolute Gasteiger partial charge is 0.248 e. The summed E-state index contributed by atoms with van der Waals surface area (Å²) in [5.41, 5.74) is 9.31. The van der Waals surface area contributed by atoms with E-state index in [-0.39, 0.29) is 20.8 Å². The van der Waals surface area contributed by atoms with Crippen LogP contribution in [0.2, 0.25) is 0 Å². The molecule has 0 saturated heterocycles. The molecule has 2 aromatic carbocycles. The number of amides is 1. The van der Waals surface area contributed by atoms with Crippen LogP contribution < -0.4 is 11.1 Å². The van der Waals surface area contributed by atoms with Crippen molar-refractivity contribution in [2.24, 2.45) is 5.73 Å². The van der Waals surface area contributed by atoms with Gasteiger partial charge in [-0.15, -0.1) is 0 Å². The highest BCUT2D eigenvalue weighted by atomic mass is 16.1. The average molecular weight is 364 g/mol. The Hall–Kier alpha value is -2.13. The van der Waals surface area contributed by atoms with Gasteiger partial charge in [0.1, 0.15) is 0 Å². The van der Waals surface area contributed by atoms with Crippen molar-refractivity contribution in [3.05, 3.63) is 80.6 Å². The van der Waals surface area contributed by atoms with Crippen LogP contribution in [-0.4, -0.2) is 5.91 Å². The van der Waals surface area contributed by atoms with Crippen LogP contribution in [0.25, 0.3) is 11.1 Å². The molecule has 1 aliphatic rings. The minimum atomic E-state index is -0.390. The van der Waals surface area contributed by atoms with Gasteiger partial charge in [-0.1, -0.05) is 83.4 Å². The summed E-state index contributed by atoms with van der Waals surface area (Å²) in [7, 11) is 0. The highest BCUT2D eigenvalue weighted by Crippen LogP contribution is 2.23. The molecule has 1 amide bonds. The fraction of sp³-hybridized carbons (Fsp3) is 0.333. The molecule has 1 saturated carbocycles. The van der Waals surface area contributed by atoms with Crippen LogP contribution >= 0.6 is 0 Å². The first-order valence-electron chi connectivity index (χ1n) is 9.30. The number of nitrogens with one attached hydrogen (secondary N) is 1. The Morgan fingerprint density at radius 2 is 1.48 bits per heavy atom. The summed E-state index contributed by atoms with van der Waals surface area (Å²) in [5.74, 6) is -0.390. The van der Waals surface area contributed by atoms with E-state index in [1.807, 2.05) is 18.2 Å². The summed E-state index contributed by atoms with van der Waals surface area (Å²) in [5, 5.41) is 3.64. The van der Waals surface area contributed by atoms with Crippen molar-refractivity contribution >= 4 is 5.91 Å². The van der Waals surface area contributed by atoms with E-state index in [4.69, 9.17) is 5.73 Å². The number of hydrogen-bond acceptors (Lipinski definition) is 2. The number of nitrogens with two attached hydrogens (primary N) is 1. The molecule has 0 aliphatic heterocycles. The van der Waals surface area contributed by atoms with Gasteiger partial charge in [-0.05, 0) is 41.7 Å². The zero-order valence-corrected chi connectivity index (χ0v) is 16.2. The van der Waals surface area contributed by atoms with Gasteiger partial charge < -0.3 is 11.1 Å². The lowest BCUT2D eigenvalue weighted by Gasteiger charge is -2.20. The van der Waals surface area contributed by atoms with Crippen molar-refractivity contribution in [3.63, 3.8) is 0 Å². The Kier molecular flexibility index (Phi) is 9.81. The summed E-state index contributed by atoms with van der Waals surface area (Å²) in [6.07, 6.45) is 9.20. The minimum Gasteiger partial charge on any atom is -0.366 e. The Morgan fingerprint density at radius 1 is 0.852 bits per heavy atom. The summed E-state index contributed by atoms with van der Waals surface area (Å²) < 4.78 is 0. The molecule has 1 fully saturated rings. The fourth-order valence-electron chi connectivity index (χ4n) is 3.40. The Morgan fingerprint density at radius 3 is 2.11 bits per heavy atom. The van der Waals surface area contributed by atoms with Crippen molar-refractivity contribution in [1.82, 2.24) is 5.32 Å². The molecule has 3 N–H and O–H groups in total. The van der Waals surface area contributed by atoms with Crippen molar-refractivity contribution in [3.8, 4) is 11.1 Å². The predicted molar refractivity (Wildman–Crippen MR) is 114 cm³/mol. The number of rotatable bonds is 5. The van der Waals surface area contributed by atoms with E-state index in [0.717, 1.165) is 17.7 Å². The largest absolute Gasteiger partial charge is 0.366 e. The number of carbonyl (C=O) groups is 1. The van der Waals surface area contributed by atoms with E-state index in [0.29, 0.717) is 5.56 Å². The monoisotopic (exact) mass is 363 g/mol. The maximum Gasteiger partial charge on any atom is 0.248 e. The van der Waals surface area contributed by atoms with Crippen LogP contribution in [-0.2, 0) is 6.54 Å². The zero-order chi connectivity index (χ0) is 17.5. The van der Waals surface area contributed by atoms with Gasteiger partial charge in [-0.25, -0.2) is 0 Å². The number of hydrogen-bond donors (Lipinski definition) is 2. The highest BCUT2D eigenvalue weighted by molar-refractivity contribution is 5.94. The second-order valence-corrected chi connectivity index (χ2v) is 6.87. The van der Waals surface area contributed by atoms with Crippen molar-refractivity contribution in [2.75, 3.05) is 0 Å². The molecular formula is C24H31N2O. The van der Waals surface area contributed by atoms with Crippen LogP contribution in [0.3, 0.4) is 0 Å². The maximum atomic E-state index is 11.3. The Bertz CT molecular complexity index is 686. The first kappa shape index (κ1) is 22.9. The second kappa shape index (κ2) is 11.6. The maximum absolute atomic E-state index is 11.3. The first-order valence-corrected chi connectivity index (χ1v) is 9.30. The first-order chi connectivity index (χ1) is 12.2. The molecule has 1 aliphatic carbocycles. The van der Waals surface area contributed by atoms with Crippen molar-refractivity contribution in [2.45, 2.75) is 51.5 Å². The van der Waals surface area contributed by atoms with Gasteiger partial charge in [0.15, 0.2) is 0 Å². The summed E-state index contributed by atoms with van der Waals surface area (Å²) >= 11 is 0. The standard InChI is InChI=1S/C22H27N2O.2CH2/c23-22(25)20-8-6-7-19(15-20)18-13-11-17(12-14-18)16-24-21-9-4-2-1-3-5-10-21;;/h6-8,11-15,24H,1-5,9-10,16H2,(H2,23,25);2*1H2. The van der Waals surface area contributed by atoms with Crippen LogP contribution in [0, 0.1) is 20.9 Å². The molecule has 5 radical (unpaired) electrons. The van der Waals surface area contributed by atoms with Gasteiger partial charge in [-0.2, -0.15) is 0 Å². The summed E-state index contributed by atoms with van der Waals surface area (Å²) in [4.78, 5) is 11.3. The van der Waals surface area contributed by atoms with Crippen molar-refractivity contribution < 1.29 is 4.79 Å². The molecule has 2 aromatic rings. The predicted octanol–water partition coefficient (Wildman–Crippen LogP) is 5.47. The van der Waals surface area contributed by atoms with Gasteiger partial charge in [-0.3, -0.25) is 4.79 Å². The van der Waals surface area contributed by atoms with Crippen LogP contribution in [0.1, 0.15) is 60.9 Å². The van der Waals surface area contributed by atoms with Crippen molar-refractivity contribution in [1.29, 1.82) is 0 Å². The molecule has 0 atom stereocenters. The number of primary amides is 1. The molecular weight excluding hydrogens is 332 g/mol. The Balaban J connectivity index is 0.00000182. The van der Waals surface area contributed by atoms with Gasteiger partial charge in [0, 0.05) is 18.2 Å². The summed E-state index contributed by atoms with van der Waals surface area (Å²) in [6.45, 7) is 0.886. The highest BCUT2D eigenvalue weighted by Gasteiger charge is 2.11. The number of carbonyl (C=O) groups excluding carboxylic acids is 1. The SMILES string of the molecule is NC(=O)c1cccc(-c2ccc(CN[C]3CCCCCCC3)cc2)c1.[CH2].[CH2]. The second-order valence-electron chi connectivity index (χ2n) is 6.87. The van der Waals surface area contributed by atoms with E-state index in [2.05, 4.69) is 29.6 Å². The lowest BCUT2D eigenvalue weighted by molar-refractivity contribution is 0.100. The molecule has 3 heteroatoms. The lowest BCUT2D eigenvalue weighted by Crippen LogP contribution is -2.21. The quantitative estimate of drug-likeness (QED) is 0.740. The molecule has 27 heavy (non-hydrogen) atoms. The van der Waals surface area contributed by atoms with Gasteiger partial charge in [0.05, 0.1) is 0 Å². The average Bonchev–Trinajstić information content (AvgIpc) is 2.61. The van der Waals surface area contributed by atoms with E-state index < -0.39 is 0 Å². The van der Waals surface area contributed by atoms with Gasteiger partial charge in [0.2, 0.25) is 5.91 Å². The minimum absolute atomic E-state index is 0. The lowest BCUT2D eigenvalue weighted by atomic mass is 9.96. The summed E-state index contributed by atoms with van der Waals surface area (Å²) in [6, 6.07) is 17.5. The molecule has 0 heterocycles. The molecule has 0 spiro atoms. The number of benzene rings is 2. The molecule has 143 valence electrons. The van der Waals surface area contributed by atoms with E-state index in [1.165, 1.54) is 56.6 Å². The third-order valence-corrected chi connectivity index (χ3v) is 4.93. The third-order valence-electron chi connectivity index (χ3n) is 4.93. The zero-order valence-electron chi connectivity index (χ0n) is 16.2. The van der Waals surface area contributed by atoms with E-state index >= 15 is 0 Å². The molecule has 0 aromatic heterocycles.